The van der Waals surface area contributed by atoms with E-state index in [9.17, 15) is 14.3 Å². The second-order valence-electron chi connectivity index (χ2n) is 19.5. The number of allylic oxidation sites excluding steroid dienone is 6. The molecule has 0 aliphatic rings. The summed E-state index contributed by atoms with van der Waals surface area (Å²) in [5, 5.41) is 0. The normalized spacial score (nSPS) is 13.4. The van der Waals surface area contributed by atoms with E-state index in [0.717, 1.165) is 51.4 Å². The van der Waals surface area contributed by atoms with Crippen molar-refractivity contribution in [1.82, 2.24) is 0 Å². The summed E-state index contributed by atoms with van der Waals surface area (Å²) >= 11 is 0. The molecule has 0 aliphatic carbocycles. The molecule has 0 amide bonds. The zero-order valence-corrected chi connectivity index (χ0v) is 45.3. The Balaban J connectivity index is 3.87. The molecule has 8 nitrogen and oxygen atoms in total. The molecule has 0 bridgehead atoms. The van der Waals surface area contributed by atoms with Gasteiger partial charge in [0.15, 0.2) is 0 Å². The monoisotopic (exact) mass is 966 g/mol. The number of ether oxygens (including phenoxy) is 2. The summed E-state index contributed by atoms with van der Waals surface area (Å²) in [5.41, 5.74) is 5.40. The molecule has 396 valence electrons. The molecule has 0 aromatic rings. The summed E-state index contributed by atoms with van der Waals surface area (Å²) in [5.74, 6) is -0.332. The van der Waals surface area contributed by atoms with Crippen LogP contribution in [-0.4, -0.2) is 49.9 Å². The number of phosphoric ester groups is 1. The summed E-state index contributed by atoms with van der Waals surface area (Å²) < 4.78 is 33.7. The van der Waals surface area contributed by atoms with Crippen LogP contribution >= 0.6 is 7.82 Å². The number of esters is 1. The average molecular weight is 967 g/mol. The van der Waals surface area contributed by atoms with Gasteiger partial charge in [-0.1, -0.05) is 269 Å². The highest BCUT2D eigenvalue weighted by molar-refractivity contribution is 7.47. The Kier molecular flexibility index (Phi) is 54.6. The van der Waals surface area contributed by atoms with Crippen LogP contribution in [0, 0.1) is 0 Å². The number of unbranched alkanes of at least 4 members (excludes halogenated alkanes) is 37. The topological polar surface area (TPSA) is 117 Å². The maximum Gasteiger partial charge on any atom is 0.472 e. The number of nitrogens with two attached hydrogens (primary N) is 1. The fourth-order valence-corrected chi connectivity index (χ4v) is 9.30. The van der Waals surface area contributed by atoms with Crippen molar-refractivity contribution in [2.75, 3.05) is 33.0 Å². The van der Waals surface area contributed by atoms with E-state index in [-0.39, 0.29) is 32.3 Å². The molecule has 9 heteroatoms. The Morgan fingerprint density at radius 1 is 0.448 bits per heavy atom. The molecule has 3 N–H and O–H groups in total. The van der Waals surface area contributed by atoms with Gasteiger partial charge in [0.2, 0.25) is 0 Å². The fourth-order valence-electron chi connectivity index (χ4n) is 8.54. The van der Waals surface area contributed by atoms with Crippen LogP contribution in [0.2, 0.25) is 0 Å². The zero-order chi connectivity index (χ0) is 48.7. The van der Waals surface area contributed by atoms with Crippen LogP contribution in [0.1, 0.15) is 290 Å². The largest absolute Gasteiger partial charge is 0.472 e. The van der Waals surface area contributed by atoms with Gasteiger partial charge in [-0.2, -0.15) is 0 Å². The SMILES string of the molecule is CCCCCCC/C=C\C/C=C\C/C=C\CCCCCCCCCCC(=O)OC(COCCCCCCCCCCCCCCCCCCCCCCCCCCC)COP(=O)(O)OCCN. The summed E-state index contributed by atoms with van der Waals surface area (Å²) in [6.45, 7) is 4.96. The minimum absolute atomic E-state index is 0.0956. The number of carbonyl (C=O) groups is 1. The Morgan fingerprint density at radius 3 is 1.18 bits per heavy atom. The summed E-state index contributed by atoms with van der Waals surface area (Å²) in [6, 6.07) is 0. The van der Waals surface area contributed by atoms with Crippen LogP contribution < -0.4 is 5.73 Å². The van der Waals surface area contributed by atoms with E-state index < -0.39 is 13.9 Å². The molecular formula is C58H112NO7P. The first-order valence-electron chi connectivity index (χ1n) is 29.0. The zero-order valence-electron chi connectivity index (χ0n) is 44.4. The predicted molar refractivity (Wildman–Crippen MR) is 289 cm³/mol. The standard InChI is InChI=1S/C58H112NO7P/c1-3-5-7-9-11-13-15-17-19-21-23-25-27-28-30-32-34-36-38-40-42-44-46-48-50-53-63-55-57(56-65-67(61,62)64-54-52-59)66-58(60)51-49-47-45-43-41-39-37-35-33-31-29-26-24-22-20-18-16-14-12-10-8-6-4-2/h16,18,22,24,29,31,57H,3-15,17,19-21,23,25-28,30,32-56,59H2,1-2H3,(H,61,62)/b18-16-,24-22-,31-29-. The molecule has 0 spiro atoms. The fraction of sp³-hybridized carbons (Fsp3) is 0.879. The predicted octanol–water partition coefficient (Wildman–Crippen LogP) is 18.5. The lowest BCUT2D eigenvalue weighted by Gasteiger charge is -2.20. The Morgan fingerprint density at radius 2 is 0.791 bits per heavy atom. The summed E-state index contributed by atoms with van der Waals surface area (Å²) in [6.07, 6.45) is 67.7. The molecular weight excluding hydrogens is 854 g/mol. The van der Waals surface area contributed by atoms with Crippen molar-refractivity contribution in [2.24, 2.45) is 5.73 Å². The van der Waals surface area contributed by atoms with E-state index >= 15 is 0 Å². The first-order chi connectivity index (χ1) is 32.9. The van der Waals surface area contributed by atoms with Crippen molar-refractivity contribution >= 4 is 13.8 Å². The number of phosphoric acid groups is 1. The number of carbonyl (C=O) groups excluding carboxylic acids is 1. The van der Waals surface area contributed by atoms with Crippen molar-refractivity contribution in [1.29, 1.82) is 0 Å². The van der Waals surface area contributed by atoms with Gasteiger partial charge in [-0.25, -0.2) is 4.57 Å². The van der Waals surface area contributed by atoms with Gasteiger partial charge in [0.25, 0.3) is 0 Å². The lowest BCUT2D eigenvalue weighted by atomic mass is 10.0. The van der Waals surface area contributed by atoms with E-state index in [2.05, 4.69) is 50.3 Å². The molecule has 0 aromatic heterocycles. The Labute approximate surface area is 416 Å². The third-order valence-corrected chi connectivity index (χ3v) is 13.8. The first-order valence-corrected chi connectivity index (χ1v) is 30.5. The second kappa shape index (κ2) is 55.6. The number of hydrogen-bond donors (Lipinski definition) is 2. The van der Waals surface area contributed by atoms with Crippen molar-refractivity contribution in [2.45, 2.75) is 296 Å². The van der Waals surface area contributed by atoms with Crippen molar-refractivity contribution in [3.05, 3.63) is 36.5 Å². The molecule has 0 radical (unpaired) electrons. The lowest BCUT2D eigenvalue weighted by molar-refractivity contribution is -0.154. The molecule has 2 atom stereocenters. The van der Waals surface area contributed by atoms with Crippen molar-refractivity contribution in [3.8, 4) is 0 Å². The van der Waals surface area contributed by atoms with Gasteiger partial charge in [0.1, 0.15) is 6.10 Å². The molecule has 0 saturated carbocycles. The summed E-state index contributed by atoms with van der Waals surface area (Å²) in [4.78, 5) is 22.7. The van der Waals surface area contributed by atoms with E-state index in [1.54, 1.807) is 0 Å². The maximum absolute atomic E-state index is 12.7. The first kappa shape index (κ1) is 65.7. The van der Waals surface area contributed by atoms with Crippen LogP contribution in [0.5, 0.6) is 0 Å². The summed E-state index contributed by atoms with van der Waals surface area (Å²) in [7, 11) is -4.29. The minimum Gasteiger partial charge on any atom is -0.457 e. The second-order valence-corrected chi connectivity index (χ2v) is 21.0. The molecule has 0 aliphatic heterocycles. The van der Waals surface area contributed by atoms with Gasteiger partial charge < -0.3 is 20.1 Å². The Hall–Kier alpha value is -1.28. The average Bonchev–Trinajstić information content (AvgIpc) is 3.32. The van der Waals surface area contributed by atoms with Crippen molar-refractivity contribution < 1.29 is 32.8 Å². The third-order valence-electron chi connectivity index (χ3n) is 12.8. The molecule has 67 heavy (non-hydrogen) atoms. The number of rotatable bonds is 56. The maximum atomic E-state index is 12.7. The number of hydrogen-bond acceptors (Lipinski definition) is 7. The van der Waals surface area contributed by atoms with Crippen LogP contribution in [0.15, 0.2) is 36.5 Å². The van der Waals surface area contributed by atoms with Crippen molar-refractivity contribution in [3.63, 3.8) is 0 Å². The van der Waals surface area contributed by atoms with Crippen LogP contribution in [0.25, 0.3) is 0 Å². The van der Waals surface area contributed by atoms with E-state index in [1.165, 1.54) is 218 Å². The van der Waals surface area contributed by atoms with Gasteiger partial charge in [0, 0.05) is 19.6 Å². The molecule has 0 heterocycles. The van der Waals surface area contributed by atoms with E-state index in [4.69, 9.17) is 24.3 Å². The Bertz CT molecular complexity index is 1130. The quantitative estimate of drug-likeness (QED) is 0.0268. The van der Waals surface area contributed by atoms with Gasteiger partial charge in [-0.15, -0.1) is 0 Å². The van der Waals surface area contributed by atoms with Gasteiger partial charge in [-0.3, -0.25) is 13.8 Å². The van der Waals surface area contributed by atoms with Gasteiger partial charge in [0.05, 0.1) is 19.8 Å². The van der Waals surface area contributed by atoms with E-state index in [1.807, 2.05) is 0 Å². The molecule has 0 fully saturated rings. The molecule has 0 aromatic carbocycles. The lowest BCUT2D eigenvalue weighted by Crippen LogP contribution is -2.28. The highest BCUT2D eigenvalue weighted by atomic mass is 31.2. The highest BCUT2D eigenvalue weighted by Crippen LogP contribution is 2.43. The molecule has 0 saturated heterocycles. The van der Waals surface area contributed by atoms with Crippen LogP contribution in [-0.2, 0) is 27.9 Å². The highest BCUT2D eigenvalue weighted by Gasteiger charge is 2.25. The van der Waals surface area contributed by atoms with E-state index in [0.29, 0.717) is 13.0 Å². The molecule has 2 unspecified atom stereocenters. The minimum atomic E-state index is -4.29. The van der Waals surface area contributed by atoms with Gasteiger partial charge >= 0.3 is 13.8 Å². The third kappa shape index (κ3) is 55.5. The van der Waals surface area contributed by atoms with Crippen LogP contribution in [0.4, 0.5) is 0 Å². The van der Waals surface area contributed by atoms with Gasteiger partial charge in [-0.05, 0) is 51.4 Å². The smallest absolute Gasteiger partial charge is 0.457 e. The molecule has 0 rings (SSSR count). The van der Waals surface area contributed by atoms with Crippen LogP contribution in [0.3, 0.4) is 0 Å².